The van der Waals surface area contributed by atoms with Crippen LogP contribution in [0, 0.1) is 5.92 Å². The molecule has 3 amide bonds. The highest BCUT2D eigenvalue weighted by molar-refractivity contribution is 5.79. The fourth-order valence-electron chi connectivity index (χ4n) is 6.09. The summed E-state index contributed by atoms with van der Waals surface area (Å²) in [5, 5.41) is 5.76. The topological polar surface area (TPSA) is 70.7 Å². The Morgan fingerprint density at radius 3 is 2.11 bits per heavy atom. The molecule has 1 aliphatic heterocycles. The van der Waals surface area contributed by atoms with Crippen molar-refractivity contribution in [1.29, 1.82) is 0 Å². The summed E-state index contributed by atoms with van der Waals surface area (Å²) in [5.41, 5.74) is -2.12. The molecule has 12 heteroatoms. The standard InChI is InChI=1S/C32H39F6N3O3/c1-3-14-39-30(43)40-26-11-9-22(10-12-26)29(42)41-15-13-28(27(19-41)21-7-5-4-6-8-21)44-20(2)23-16-24(31(33,34)35)18-25(17-23)32(36,37)38/h4-8,16-18,20,22,26-28H,3,9-15,19H2,1-2H3,(H2,39,40,43)/t20-,22?,26?,27+,28+/m1/s1. The Labute approximate surface area is 253 Å². The minimum atomic E-state index is -4.95. The van der Waals surface area contributed by atoms with Gasteiger partial charge in [-0.05, 0) is 74.8 Å². The third kappa shape index (κ3) is 8.67. The van der Waals surface area contributed by atoms with Gasteiger partial charge in [-0.2, -0.15) is 26.3 Å². The zero-order valence-corrected chi connectivity index (χ0v) is 24.8. The molecule has 4 rings (SSSR count). The van der Waals surface area contributed by atoms with Crippen molar-refractivity contribution in [3.63, 3.8) is 0 Å². The van der Waals surface area contributed by atoms with Crippen molar-refractivity contribution in [2.24, 2.45) is 5.92 Å². The monoisotopic (exact) mass is 627 g/mol. The van der Waals surface area contributed by atoms with Gasteiger partial charge in [0.1, 0.15) is 0 Å². The molecule has 1 heterocycles. The molecule has 0 aromatic heterocycles. The fourth-order valence-corrected chi connectivity index (χ4v) is 6.09. The number of hydrogen-bond donors (Lipinski definition) is 2. The summed E-state index contributed by atoms with van der Waals surface area (Å²) in [6.45, 7) is 4.68. The van der Waals surface area contributed by atoms with Crippen LogP contribution >= 0.6 is 0 Å². The van der Waals surface area contributed by atoms with E-state index in [1.54, 1.807) is 4.90 Å². The lowest BCUT2D eigenvalue weighted by Crippen LogP contribution is -2.49. The number of hydrogen-bond acceptors (Lipinski definition) is 3. The van der Waals surface area contributed by atoms with Gasteiger partial charge in [-0.25, -0.2) is 4.79 Å². The number of alkyl halides is 6. The summed E-state index contributed by atoms with van der Waals surface area (Å²) >= 11 is 0. The van der Waals surface area contributed by atoms with Gasteiger partial charge in [0.25, 0.3) is 0 Å². The molecule has 2 fully saturated rings. The summed E-state index contributed by atoms with van der Waals surface area (Å²) in [6, 6.07) is 10.6. The first-order valence-electron chi connectivity index (χ1n) is 15.1. The maximum Gasteiger partial charge on any atom is 0.416 e. The van der Waals surface area contributed by atoms with E-state index in [4.69, 9.17) is 4.74 Å². The number of benzene rings is 2. The molecule has 242 valence electrons. The number of piperidine rings is 1. The van der Waals surface area contributed by atoms with Crippen LogP contribution in [0.1, 0.15) is 86.6 Å². The van der Waals surface area contributed by atoms with Crippen LogP contribution in [0.4, 0.5) is 31.1 Å². The first kappa shape index (κ1) is 33.6. The summed E-state index contributed by atoms with van der Waals surface area (Å²) in [6.07, 6.45) is -7.65. The molecule has 6 nitrogen and oxygen atoms in total. The average molecular weight is 628 g/mol. The number of nitrogens with one attached hydrogen (secondary N) is 2. The van der Waals surface area contributed by atoms with Crippen molar-refractivity contribution < 1.29 is 40.7 Å². The van der Waals surface area contributed by atoms with Gasteiger partial charge >= 0.3 is 18.4 Å². The van der Waals surface area contributed by atoms with Crippen LogP contribution in [-0.4, -0.2) is 48.6 Å². The van der Waals surface area contributed by atoms with Gasteiger partial charge in [-0.3, -0.25) is 4.79 Å². The number of likely N-dealkylation sites (tertiary alicyclic amines) is 1. The summed E-state index contributed by atoms with van der Waals surface area (Å²) in [5.74, 6) is -0.506. The Morgan fingerprint density at radius 2 is 1.55 bits per heavy atom. The zero-order chi connectivity index (χ0) is 32.1. The van der Waals surface area contributed by atoms with Gasteiger partial charge in [0.05, 0.1) is 23.3 Å². The lowest BCUT2D eigenvalue weighted by Gasteiger charge is -2.41. The third-order valence-corrected chi connectivity index (χ3v) is 8.49. The Kier molecular flexibility index (Phi) is 10.9. The van der Waals surface area contributed by atoms with Crippen LogP contribution in [0.15, 0.2) is 48.5 Å². The van der Waals surface area contributed by atoms with E-state index in [1.807, 2.05) is 37.3 Å². The Hall–Kier alpha value is -3.28. The number of rotatable bonds is 8. The molecule has 0 unspecified atom stereocenters. The first-order valence-corrected chi connectivity index (χ1v) is 15.1. The van der Waals surface area contributed by atoms with Gasteiger partial charge in [-0.1, -0.05) is 37.3 Å². The highest BCUT2D eigenvalue weighted by Crippen LogP contribution is 2.40. The van der Waals surface area contributed by atoms with Crippen molar-refractivity contribution >= 4 is 11.9 Å². The molecule has 2 N–H and O–H groups in total. The molecular formula is C32H39F6N3O3. The van der Waals surface area contributed by atoms with Crippen LogP contribution in [0.25, 0.3) is 0 Å². The second kappa shape index (κ2) is 14.2. The number of amides is 3. The van der Waals surface area contributed by atoms with Gasteiger partial charge in [-0.15, -0.1) is 0 Å². The van der Waals surface area contributed by atoms with Crippen molar-refractivity contribution in [2.75, 3.05) is 19.6 Å². The molecule has 0 radical (unpaired) electrons. The van der Waals surface area contributed by atoms with Crippen molar-refractivity contribution in [3.8, 4) is 0 Å². The molecule has 1 saturated heterocycles. The quantitative estimate of drug-likeness (QED) is 0.299. The molecular weight excluding hydrogens is 588 g/mol. The molecule has 2 aromatic carbocycles. The van der Waals surface area contributed by atoms with E-state index in [-0.39, 0.29) is 41.4 Å². The smallest absolute Gasteiger partial charge is 0.370 e. The Balaban J connectivity index is 1.45. The Bertz CT molecular complexity index is 1230. The lowest BCUT2D eigenvalue weighted by atomic mass is 9.83. The number of ether oxygens (including phenoxy) is 1. The van der Waals surface area contributed by atoms with E-state index >= 15 is 0 Å². The van der Waals surface area contributed by atoms with Gasteiger partial charge in [0.2, 0.25) is 5.91 Å². The van der Waals surface area contributed by atoms with Crippen molar-refractivity contribution in [3.05, 3.63) is 70.8 Å². The second-order valence-corrected chi connectivity index (χ2v) is 11.7. The van der Waals surface area contributed by atoms with Crippen LogP contribution < -0.4 is 10.6 Å². The number of carbonyl (C=O) groups excluding carboxylic acids is 2. The second-order valence-electron chi connectivity index (χ2n) is 11.7. The highest BCUT2D eigenvalue weighted by atomic mass is 19.4. The SMILES string of the molecule is CCCNC(=O)NC1CCC(C(=O)N2CC[C@H](O[C@H](C)c3cc(C(F)(F)F)cc(C(F)(F)F)c3)[C@H](c3ccccc3)C2)CC1. The van der Waals surface area contributed by atoms with E-state index in [1.165, 1.54) is 6.92 Å². The number of nitrogens with zero attached hydrogens (tertiary/aromatic N) is 1. The van der Waals surface area contributed by atoms with Gasteiger partial charge < -0.3 is 20.3 Å². The third-order valence-electron chi connectivity index (χ3n) is 8.49. The molecule has 1 saturated carbocycles. The average Bonchev–Trinajstić information content (AvgIpc) is 2.99. The maximum atomic E-state index is 13.6. The summed E-state index contributed by atoms with van der Waals surface area (Å²) in [4.78, 5) is 27.4. The van der Waals surface area contributed by atoms with E-state index in [0.717, 1.165) is 12.0 Å². The number of urea groups is 1. The van der Waals surface area contributed by atoms with Crippen molar-refractivity contribution in [2.45, 2.75) is 88.9 Å². The van der Waals surface area contributed by atoms with E-state index in [9.17, 15) is 35.9 Å². The van der Waals surface area contributed by atoms with Gasteiger partial charge in [0, 0.05) is 37.5 Å². The number of halogens is 6. The molecule has 3 atom stereocenters. The molecule has 2 aromatic rings. The van der Waals surface area contributed by atoms with Crippen LogP contribution in [-0.2, 0) is 21.9 Å². The molecule has 44 heavy (non-hydrogen) atoms. The minimum Gasteiger partial charge on any atom is -0.370 e. The highest BCUT2D eigenvalue weighted by Gasteiger charge is 2.40. The molecule has 2 aliphatic rings. The van der Waals surface area contributed by atoms with Crippen LogP contribution in [0.5, 0.6) is 0 Å². The van der Waals surface area contributed by atoms with Crippen molar-refractivity contribution in [1.82, 2.24) is 15.5 Å². The summed E-state index contributed by atoms with van der Waals surface area (Å²) < 4.78 is 87.0. The Morgan fingerprint density at radius 1 is 0.932 bits per heavy atom. The normalized spacial score (nSPS) is 23.6. The minimum absolute atomic E-state index is 0.00214. The van der Waals surface area contributed by atoms with E-state index in [0.29, 0.717) is 63.9 Å². The molecule has 0 bridgehead atoms. The van der Waals surface area contributed by atoms with E-state index in [2.05, 4.69) is 10.6 Å². The number of carbonyl (C=O) groups is 2. The first-order chi connectivity index (χ1) is 20.8. The maximum absolute atomic E-state index is 13.6. The van der Waals surface area contributed by atoms with Crippen LogP contribution in [0.2, 0.25) is 0 Å². The van der Waals surface area contributed by atoms with E-state index < -0.39 is 35.7 Å². The summed E-state index contributed by atoms with van der Waals surface area (Å²) in [7, 11) is 0. The zero-order valence-electron chi connectivity index (χ0n) is 24.8. The van der Waals surface area contributed by atoms with Gasteiger partial charge in [0.15, 0.2) is 0 Å². The largest absolute Gasteiger partial charge is 0.416 e. The molecule has 1 aliphatic carbocycles. The predicted octanol–water partition coefficient (Wildman–Crippen LogP) is 7.45. The van der Waals surface area contributed by atoms with Crippen LogP contribution in [0.3, 0.4) is 0 Å². The fraction of sp³-hybridized carbons (Fsp3) is 0.562. The lowest BCUT2D eigenvalue weighted by molar-refractivity contribution is -0.143. The molecule has 0 spiro atoms. The predicted molar refractivity (Wildman–Crippen MR) is 153 cm³/mol.